The van der Waals surface area contributed by atoms with E-state index in [2.05, 4.69) is 31.2 Å². The fourth-order valence-corrected chi connectivity index (χ4v) is 5.51. The van der Waals surface area contributed by atoms with Crippen LogP contribution in [0.2, 0.25) is 0 Å². The van der Waals surface area contributed by atoms with Gasteiger partial charge in [0.05, 0.1) is 6.61 Å². The maximum Gasteiger partial charge on any atom is 0.167 e. The number of benzene rings is 3. The Hall–Kier alpha value is -2.72. The van der Waals surface area contributed by atoms with Gasteiger partial charge in [-0.2, -0.15) is 0 Å². The van der Waals surface area contributed by atoms with Gasteiger partial charge in [-0.3, -0.25) is 0 Å². The molecule has 0 radical (unpaired) electrons. The van der Waals surface area contributed by atoms with Crippen LogP contribution in [-0.4, -0.2) is 6.61 Å². The van der Waals surface area contributed by atoms with Crippen LogP contribution in [0.15, 0.2) is 60.7 Å². The third-order valence-corrected chi connectivity index (χ3v) is 7.88. The van der Waals surface area contributed by atoms with Gasteiger partial charge < -0.3 is 9.47 Å². The van der Waals surface area contributed by atoms with Gasteiger partial charge in [-0.25, -0.2) is 8.78 Å². The molecule has 0 bridgehead atoms. The first-order valence-corrected chi connectivity index (χ1v) is 13.5. The number of ether oxygens (including phenoxy) is 2. The Morgan fingerprint density at radius 1 is 0.833 bits per heavy atom. The van der Waals surface area contributed by atoms with Crippen molar-refractivity contribution < 1.29 is 18.3 Å². The molecule has 3 aromatic rings. The summed E-state index contributed by atoms with van der Waals surface area (Å²) < 4.78 is 40.1. The van der Waals surface area contributed by atoms with Crippen molar-refractivity contribution in [3.05, 3.63) is 89.0 Å². The number of epoxide rings is 1. The minimum atomic E-state index is -0.822. The van der Waals surface area contributed by atoms with E-state index in [0.29, 0.717) is 30.3 Å². The zero-order valence-electron chi connectivity index (χ0n) is 21.1. The van der Waals surface area contributed by atoms with Crippen molar-refractivity contribution in [2.75, 3.05) is 6.61 Å². The first-order chi connectivity index (χ1) is 17.6. The van der Waals surface area contributed by atoms with E-state index in [1.165, 1.54) is 56.9 Å². The van der Waals surface area contributed by atoms with Gasteiger partial charge in [-0.1, -0.05) is 81.1 Å². The Labute approximate surface area is 213 Å². The molecule has 0 amide bonds. The van der Waals surface area contributed by atoms with E-state index in [4.69, 9.17) is 9.47 Å². The van der Waals surface area contributed by atoms with Gasteiger partial charge in [0.2, 0.25) is 0 Å². The molecule has 0 spiro atoms. The predicted octanol–water partition coefficient (Wildman–Crippen LogP) is 9.14. The first kappa shape index (κ1) is 25.0. The molecule has 190 valence electrons. The van der Waals surface area contributed by atoms with E-state index in [0.717, 1.165) is 17.2 Å². The molecular formula is C32H36F2O2. The van der Waals surface area contributed by atoms with Crippen LogP contribution in [0.25, 0.3) is 11.1 Å². The van der Waals surface area contributed by atoms with Crippen molar-refractivity contribution >= 4 is 0 Å². The number of hydrogen-bond donors (Lipinski definition) is 0. The average Bonchev–Trinajstić information content (AvgIpc) is 3.76. The summed E-state index contributed by atoms with van der Waals surface area (Å²) in [6, 6.07) is 19.2. The summed E-state index contributed by atoms with van der Waals surface area (Å²) in [5, 5.41) is 0. The van der Waals surface area contributed by atoms with Crippen LogP contribution in [0.4, 0.5) is 8.78 Å². The Kier molecular flexibility index (Phi) is 8.01. The molecule has 2 aliphatic rings. The van der Waals surface area contributed by atoms with E-state index in [9.17, 15) is 8.78 Å². The summed E-state index contributed by atoms with van der Waals surface area (Å²) in [7, 11) is 0. The highest BCUT2D eigenvalue weighted by atomic mass is 19.2. The summed E-state index contributed by atoms with van der Waals surface area (Å²) in [5.41, 5.74) is 3.60. The van der Waals surface area contributed by atoms with Gasteiger partial charge in [0.1, 0.15) is 18.5 Å². The van der Waals surface area contributed by atoms with E-state index in [-0.39, 0.29) is 11.7 Å². The molecule has 0 aromatic heterocycles. The van der Waals surface area contributed by atoms with Gasteiger partial charge in [-0.15, -0.1) is 0 Å². The smallest absolute Gasteiger partial charge is 0.167 e. The summed E-state index contributed by atoms with van der Waals surface area (Å²) in [4.78, 5) is 0. The zero-order chi connectivity index (χ0) is 24.9. The summed E-state index contributed by atoms with van der Waals surface area (Å²) >= 11 is 0. The number of rotatable bonds is 10. The maximum absolute atomic E-state index is 14.6. The zero-order valence-corrected chi connectivity index (χ0v) is 21.1. The lowest BCUT2D eigenvalue weighted by molar-refractivity contribution is 0.300. The van der Waals surface area contributed by atoms with Gasteiger partial charge >= 0.3 is 0 Å². The summed E-state index contributed by atoms with van der Waals surface area (Å²) in [6.45, 7) is 3.15. The normalized spacial score (nSPS) is 21.4. The monoisotopic (exact) mass is 490 g/mol. The van der Waals surface area contributed by atoms with E-state index < -0.39 is 11.6 Å². The van der Waals surface area contributed by atoms with Crippen LogP contribution in [0.5, 0.6) is 5.75 Å². The lowest BCUT2D eigenvalue weighted by atomic mass is 9.77. The fraction of sp³-hybridized carbons (Fsp3) is 0.438. The van der Waals surface area contributed by atoms with Crippen LogP contribution >= 0.6 is 0 Å². The molecule has 1 unspecified atom stereocenters. The molecule has 1 saturated heterocycles. The Morgan fingerprint density at radius 3 is 2.22 bits per heavy atom. The summed E-state index contributed by atoms with van der Waals surface area (Å²) in [6.07, 6.45) is 10.5. The Morgan fingerprint density at radius 2 is 1.56 bits per heavy atom. The third kappa shape index (κ3) is 5.98. The highest BCUT2D eigenvalue weighted by molar-refractivity contribution is 5.65. The van der Waals surface area contributed by atoms with Crippen molar-refractivity contribution in [3.63, 3.8) is 0 Å². The standard InChI is InChI=1S/C32H36F2O2/c1-2-3-4-5-22-6-10-24(11-7-22)25-14-16-27(17-15-25)35-20-23-8-12-26(13-9-23)28-18-19-29(30-21-36-30)32(34)31(28)33/h8-9,12-19,22,24,30H,2-7,10-11,20-21H2,1H3. The second-order valence-electron chi connectivity index (χ2n) is 10.4. The molecule has 2 nitrogen and oxygen atoms in total. The van der Waals surface area contributed by atoms with Crippen molar-refractivity contribution in [1.82, 2.24) is 0 Å². The quantitative estimate of drug-likeness (QED) is 0.209. The molecular weight excluding hydrogens is 454 g/mol. The fourth-order valence-electron chi connectivity index (χ4n) is 5.51. The van der Waals surface area contributed by atoms with Gasteiger partial charge in [0.15, 0.2) is 11.6 Å². The number of halogens is 2. The molecule has 1 aliphatic heterocycles. The molecule has 4 heteroatoms. The lowest BCUT2D eigenvalue weighted by Crippen LogP contribution is -2.13. The number of hydrogen-bond acceptors (Lipinski definition) is 2. The van der Waals surface area contributed by atoms with Crippen LogP contribution in [0.3, 0.4) is 0 Å². The second kappa shape index (κ2) is 11.6. The molecule has 5 rings (SSSR count). The van der Waals surface area contributed by atoms with Crippen LogP contribution in [0.1, 0.15) is 87.0 Å². The van der Waals surface area contributed by atoms with Crippen molar-refractivity contribution in [2.24, 2.45) is 5.92 Å². The Bertz CT molecular complexity index is 1130. The Balaban J connectivity index is 1.13. The van der Waals surface area contributed by atoms with Gasteiger partial charge in [0, 0.05) is 11.1 Å². The predicted molar refractivity (Wildman–Crippen MR) is 140 cm³/mol. The SMILES string of the molecule is CCCCCC1CCC(c2ccc(OCc3ccc(-c4ccc(C5CO5)c(F)c4F)cc3)cc2)CC1. The number of unbranched alkanes of at least 4 members (excludes halogenated alkanes) is 2. The molecule has 0 N–H and O–H groups in total. The first-order valence-electron chi connectivity index (χ1n) is 13.5. The van der Waals surface area contributed by atoms with Crippen molar-refractivity contribution in [3.8, 4) is 16.9 Å². The minimum Gasteiger partial charge on any atom is -0.489 e. The van der Waals surface area contributed by atoms with Crippen LogP contribution in [0, 0.1) is 17.6 Å². The van der Waals surface area contributed by atoms with Crippen LogP contribution < -0.4 is 4.74 Å². The van der Waals surface area contributed by atoms with Gasteiger partial charge in [-0.05, 0) is 66.3 Å². The van der Waals surface area contributed by atoms with E-state index in [1.807, 2.05) is 24.3 Å². The minimum absolute atomic E-state index is 0.259. The van der Waals surface area contributed by atoms with Crippen LogP contribution in [-0.2, 0) is 11.3 Å². The lowest BCUT2D eigenvalue weighted by Gasteiger charge is -2.29. The molecule has 1 saturated carbocycles. The largest absolute Gasteiger partial charge is 0.489 e. The molecule has 2 fully saturated rings. The molecule has 1 heterocycles. The molecule has 36 heavy (non-hydrogen) atoms. The second-order valence-corrected chi connectivity index (χ2v) is 10.4. The third-order valence-electron chi connectivity index (χ3n) is 7.88. The maximum atomic E-state index is 14.6. The van der Waals surface area contributed by atoms with E-state index >= 15 is 0 Å². The summed E-state index contributed by atoms with van der Waals surface area (Å²) in [5.74, 6) is 0.809. The van der Waals surface area contributed by atoms with Crippen molar-refractivity contribution in [2.45, 2.75) is 76.9 Å². The van der Waals surface area contributed by atoms with Crippen molar-refractivity contribution in [1.29, 1.82) is 0 Å². The highest BCUT2D eigenvalue weighted by Gasteiger charge is 2.30. The van der Waals surface area contributed by atoms with Gasteiger partial charge in [0.25, 0.3) is 0 Å². The highest BCUT2D eigenvalue weighted by Crippen LogP contribution is 2.38. The molecule has 3 aromatic carbocycles. The van der Waals surface area contributed by atoms with E-state index in [1.54, 1.807) is 12.1 Å². The average molecular weight is 491 g/mol. The molecule has 1 atom stereocenters. The topological polar surface area (TPSA) is 21.8 Å². The molecule has 1 aliphatic carbocycles.